The van der Waals surface area contributed by atoms with Gasteiger partial charge < -0.3 is 9.73 Å². The van der Waals surface area contributed by atoms with E-state index in [2.05, 4.69) is 15.2 Å². The first kappa shape index (κ1) is 16.3. The molecule has 3 rings (SSSR count). The van der Waals surface area contributed by atoms with Crippen molar-refractivity contribution >= 4 is 24.0 Å². The molecule has 4 nitrogen and oxygen atoms in total. The third-order valence-corrected chi connectivity index (χ3v) is 3.96. The Labute approximate surface area is 135 Å². The molecule has 0 saturated carbocycles. The highest BCUT2D eigenvalue weighted by molar-refractivity contribution is 6.30. The van der Waals surface area contributed by atoms with Gasteiger partial charge in [0.2, 0.25) is 5.89 Å². The number of benzene rings is 1. The van der Waals surface area contributed by atoms with E-state index in [1.165, 1.54) is 6.42 Å². The summed E-state index contributed by atoms with van der Waals surface area (Å²) in [4.78, 5) is 6.95. The normalized spacial score (nSPS) is 18.7. The third kappa shape index (κ3) is 3.98. The van der Waals surface area contributed by atoms with Gasteiger partial charge in [-0.3, -0.25) is 4.90 Å². The van der Waals surface area contributed by atoms with Crippen LogP contribution in [0.15, 0.2) is 34.9 Å². The van der Waals surface area contributed by atoms with Gasteiger partial charge in [0.05, 0.1) is 5.69 Å². The summed E-state index contributed by atoms with van der Waals surface area (Å²) >= 11 is 5.88. The van der Waals surface area contributed by atoms with Crippen LogP contribution in [0.1, 0.15) is 12.1 Å². The minimum atomic E-state index is 0. The Morgan fingerprint density at radius 2 is 2.14 bits per heavy atom. The quantitative estimate of drug-likeness (QED) is 0.936. The summed E-state index contributed by atoms with van der Waals surface area (Å²) in [5.41, 5.74) is 1.93. The van der Waals surface area contributed by atoms with Gasteiger partial charge >= 0.3 is 0 Å². The number of likely N-dealkylation sites (tertiary alicyclic amines) is 1. The Kier molecular flexibility index (Phi) is 5.65. The van der Waals surface area contributed by atoms with Crippen LogP contribution in [0.25, 0.3) is 11.5 Å². The lowest BCUT2D eigenvalue weighted by molar-refractivity contribution is 0.318. The third-order valence-electron chi connectivity index (χ3n) is 3.71. The molecule has 1 atom stereocenters. The molecule has 1 aliphatic heterocycles. The molecule has 0 amide bonds. The van der Waals surface area contributed by atoms with Gasteiger partial charge in [0.15, 0.2) is 0 Å². The second-order valence-electron chi connectivity index (χ2n) is 5.16. The summed E-state index contributed by atoms with van der Waals surface area (Å²) in [6, 6.07) is 8.13. The second kappa shape index (κ2) is 7.27. The Hall–Kier alpha value is -1.07. The molecule has 6 heteroatoms. The minimum absolute atomic E-state index is 0. The number of likely N-dealkylation sites (N-methyl/N-ethyl adjacent to an activating group) is 1. The molecule has 0 aliphatic carbocycles. The van der Waals surface area contributed by atoms with E-state index >= 15 is 0 Å². The number of nitrogens with one attached hydrogen (secondary N) is 1. The monoisotopic (exact) mass is 327 g/mol. The average molecular weight is 328 g/mol. The fraction of sp³-hybridized carbons (Fsp3) is 0.400. The molecule has 0 bridgehead atoms. The molecule has 0 radical (unpaired) electrons. The number of nitrogens with zero attached hydrogens (tertiary/aromatic N) is 2. The van der Waals surface area contributed by atoms with Crippen LogP contribution in [-0.2, 0) is 6.54 Å². The zero-order chi connectivity index (χ0) is 13.9. The van der Waals surface area contributed by atoms with Crippen molar-refractivity contribution in [1.82, 2.24) is 15.2 Å². The molecule has 1 aromatic heterocycles. The Balaban J connectivity index is 0.00000161. The van der Waals surface area contributed by atoms with Gasteiger partial charge in [-0.25, -0.2) is 4.98 Å². The molecule has 1 unspecified atom stereocenters. The largest absolute Gasteiger partial charge is 0.444 e. The van der Waals surface area contributed by atoms with E-state index in [-0.39, 0.29) is 12.4 Å². The molecule has 114 valence electrons. The van der Waals surface area contributed by atoms with Crippen molar-refractivity contribution in [3.05, 3.63) is 41.2 Å². The molecule has 1 N–H and O–H groups in total. The van der Waals surface area contributed by atoms with Gasteiger partial charge in [-0.1, -0.05) is 11.6 Å². The first-order valence-electron chi connectivity index (χ1n) is 6.84. The number of hydrogen-bond donors (Lipinski definition) is 1. The molecule has 1 saturated heterocycles. The molecular formula is C15H19Cl2N3O. The van der Waals surface area contributed by atoms with Gasteiger partial charge in [0, 0.05) is 36.3 Å². The van der Waals surface area contributed by atoms with Crippen LogP contribution >= 0.6 is 24.0 Å². The summed E-state index contributed by atoms with van der Waals surface area (Å²) in [7, 11) is 2.02. The number of oxazole rings is 1. The summed E-state index contributed by atoms with van der Waals surface area (Å²) < 4.78 is 5.56. The molecule has 2 aromatic rings. The maximum Gasteiger partial charge on any atom is 0.226 e. The number of aromatic nitrogens is 1. The molecule has 1 fully saturated rings. The van der Waals surface area contributed by atoms with E-state index in [1.54, 1.807) is 6.26 Å². The van der Waals surface area contributed by atoms with Gasteiger partial charge in [0.25, 0.3) is 0 Å². The molecular weight excluding hydrogens is 309 g/mol. The zero-order valence-electron chi connectivity index (χ0n) is 11.9. The van der Waals surface area contributed by atoms with Crippen molar-refractivity contribution in [3.63, 3.8) is 0 Å². The first-order valence-corrected chi connectivity index (χ1v) is 7.22. The van der Waals surface area contributed by atoms with Crippen LogP contribution in [-0.4, -0.2) is 36.1 Å². The predicted octanol–water partition coefficient (Wildman–Crippen LogP) is 3.21. The van der Waals surface area contributed by atoms with E-state index in [1.807, 2.05) is 31.3 Å². The summed E-state index contributed by atoms with van der Waals surface area (Å²) in [6.07, 6.45) is 2.94. The van der Waals surface area contributed by atoms with Crippen LogP contribution in [0.3, 0.4) is 0 Å². The number of halogens is 2. The molecule has 2 heterocycles. The lowest BCUT2D eigenvalue weighted by Gasteiger charge is -2.13. The maximum atomic E-state index is 5.88. The highest BCUT2D eigenvalue weighted by Gasteiger charge is 2.21. The fourth-order valence-electron chi connectivity index (χ4n) is 2.55. The van der Waals surface area contributed by atoms with E-state index in [4.69, 9.17) is 16.0 Å². The van der Waals surface area contributed by atoms with Crippen molar-refractivity contribution in [3.8, 4) is 11.5 Å². The van der Waals surface area contributed by atoms with Crippen molar-refractivity contribution in [2.24, 2.45) is 0 Å². The van der Waals surface area contributed by atoms with Crippen molar-refractivity contribution < 1.29 is 4.42 Å². The maximum absolute atomic E-state index is 5.88. The van der Waals surface area contributed by atoms with Gasteiger partial charge in [-0.2, -0.15) is 0 Å². The fourth-order valence-corrected chi connectivity index (χ4v) is 2.67. The van der Waals surface area contributed by atoms with Crippen molar-refractivity contribution in [1.29, 1.82) is 0 Å². The van der Waals surface area contributed by atoms with Crippen LogP contribution < -0.4 is 5.32 Å². The number of rotatable bonds is 4. The van der Waals surface area contributed by atoms with Crippen LogP contribution in [0.5, 0.6) is 0 Å². The summed E-state index contributed by atoms with van der Waals surface area (Å²) in [6.45, 7) is 3.02. The molecule has 1 aliphatic rings. The predicted molar refractivity (Wildman–Crippen MR) is 86.9 cm³/mol. The second-order valence-corrected chi connectivity index (χ2v) is 5.60. The van der Waals surface area contributed by atoms with E-state index in [0.29, 0.717) is 11.9 Å². The van der Waals surface area contributed by atoms with Crippen molar-refractivity contribution in [2.45, 2.75) is 19.0 Å². The molecule has 0 spiro atoms. The molecule has 21 heavy (non-hydrogen) atoms. The smallest absolute Gasteiger partial charge is 0.226 e. The van der Waals surface area contributed by atoms with Gasteiger partial charge in [0.1, 0.15) is 6.26 Å². The zero-order valence-corrected chi connectivity index (χ0v) is 13.5. The summed E-state index contributed by atoms with van der Waals surface area (Å²) in [5.74, 6) is 0.654. The lowest BCUT2D eigenvalue weighted by Crippen LogP contribution is -2.29. The number of hydrogen-bond acceptors (Lipinski definition) is 4. The van der Waals surface area contributed by atoms with Crippen molar-refractivity contribution in [2.75, 3.05) is 20.1 Å². The van der Waals surface area contributed by atoms with E-state index < -0.39 is 0 Å². The highest BCUT2D eigenvalue weighted by atomic mass is 35.5. The Morgan fingerprint density at radius 3 is 2.81 bits per heavy atom. The topological polar surface area (TPSA) is 41.3 Å². The summed E-state index contributed by atoms with van der Waals surface area (Å²) in [5, 5.41) is 4.04. The average Bonchev–Trinajstić information content (AvgIpc) is 3.09. The SMILES string of the molecule is CNC1CCN(Cc2coc(-c3ccc(Cl)cc3)n2)C1.Cl. The van der Waals surface area contributed by atoms with Crippen LogP contribution in [0.2, 0.25) is 5.02 Å². The molecule has 1 aromatic carbocycles. The minimum Gasteiger partial charge on any atom is -0.444 e. The van der Waals surface area contributed by atoms with Gasteiger partial charge in [-0.05, 0) is 37.7 Å². The lowest BCUT2D eigenvalue weighted by atomic mass is 10.2. The van der Waals surface area contributed by atoms with E-state index in [9.17, 15) is 0 Å². The Bertz CT molecular complexity index is 571. The standard InChI is InChI=1S/C15H18ClN3O.ClH/c1-17-13-6-7-19(8-13)9-14-10-20-15(18-14)11-2-4-12(16)5-3-11;/h2-5,10,13,17H,6-9H2,1H3;1H. The van der Waals surface area contributed by atoms with E-state index in [0.717, 1.165) is 35.9 Å². The highest BCUT2D eigenvalue weighted by Crippen LogP contribution is 2.22. The van der Waals surface area contributed by atoms with Crippen LogP contribution in [0, 0.1) is 0 Å². The Morgan fingerprint density at radius 1 is 1.38 bits per heavy atom. The first-order chi connectivity index (χ1) is 9.74. The van der Waals surface area contributed by atoms with Gasteiger partial charge in [-0.15, -0.1) is 12.4 Å². The van der Waals surface area contributed by atoms with Crippen LogP contribution in [0.4, 0.5) is 0 Å².